The summed E-state index contributed by atoms with van der Waals surface area (Å²) in [6.07, 6.45) is 0. The predicted octanol–water partition coefficient (Wildman–Crippen LogP) is 4.56. The first kappa shape index (κ1) is 18.8. The second kappa shape index (κ2) is 8.21. The Bertz CT molecular complexity index is 1290. The Balaban J connectivity index is 1.88. The lowest BCUT2D eigenvalue weighted by atomic mass is 10.1. The fraction of sp³-hybridized carbons (Fsp3) is 0.0870. The highest BCUT2D eigenvalue weighted by molar-refractivity contribution is 7.98. The van der Waals surface area contributed by atoms with Crippen molar-refractivity contribution >= 4 is 22.7 Å². The maximum Gasteiger partial charge on any atom is 0.266 e. The smallest absolute Gasteiger partial charge is 0.266 e. The number of nitrogens with zero attached hydrogens (tertiary/aromatic N) is 3. The summed E-state index contributed by atoms with van der Waals surface area (Å²) in [6.45, 7) is 0. The fourth-order valence-corrected chi connectivity index (χ4v) is 4.14. The summed E-state index contributed by atoms with van der Waals surface area (Å²) in [5.41, 5.74) is 2.63. The van der Waals surface area contributed by atoms with Gasteiger partial charge in [-0.3, -0.25) is 9.36 Å². The summed E-state index contributed by atoms with van der Waals surface area (Å²) in [5, 5.41) is 10.4. The minimum Gasteiger partial charge on any atom is -0.495 e. The molecule has 0 saturated heterocycles. The van der Waals surface area contributed by atoms with Gasteiger partial charge in [-0.15, -0.1) is 0 Å². The van der Waals surface area contributed by atoms with Crippen molar-refractivity contribution in [3.63, 3.8) is 0 Å². The van der Waals surface area contributed by atoms with Gasteiger partial charge in [0, 0.05) is 5.75 Å². The molecule has 0 bridgehead atoms. The number of nitriles is 1. The van der Waals surface area contributed by atoms with Crippen LogP contribution in [0.25, 0.3) is 16.6 Å². The van der Waals surface area contributed by atoms with Crippen LogP contribution in [0.2, 0.25) is 0 Å². The molecule has 29 heavy (non-hydrogen) atoms. The third kappa shape index (κ3) is 3.60. The largest absolute Gasteiger partial charge is 0.495 e. The van der Waals surface area contributed by atoms with Gasteiger partial charge >= 0.3 is 0 Å². The van der Waals surface area contributed by atoms with Gasteiger partial charge in [0.2, 0.25) is 0 Å². The van der Waals surface area contributed by atoms with Crippen LogP contribution >= 0.6 is 11.8 Å². The molecule has 3 aromatic carbocycles. The molecule has 1 aromatic heterocycles. The number of hydrogen-bond acceptors (Lipinski definition) is 5. The van der Waals surface area contributed by atoms with E-state index in [0.717, 1.165) is 5.56 Å². The zero-order valence-corrected chi connectivity index (χ0v) is 16.5. The number of benzene rings is 3. The minimum atomic E-state index is -0.156. The van der Waals surface area contributed by atoms with Gasteiger partial charge in [0.05, 0.1) is 35.3 Å². The van der Waals surface area contributed by atoms with E-state index in [2.05, 4.69) is 6.07 Å². The molecule has 5 nitrogen and oxygen atoms in total. The molecule has 0 saturated carbocycles. The van der Waals surface area contributed by atoms with Gasteiger partial charge in [0.15, 0.2) is 5.16 Å². The van der Waals surface area contributed by atoms with Gasteiger partial charge in [-0.05, 0) is 35.9 Å². The minimum absolute atomic E-state index is 0.156. The van der Waals surface area contributed by atoms with Gasteiger partial charge in [-0.2, -0.15) is 5.26 Å². The van der Waals surface area contributed by atoms with Crippen LogP contribution in [0.5, 0.6) is 5.75 Å². The Hall–Kier alpha value is -3.56. The Kier molecular flexibility index (Phi) is 5.32. The van der Waals surface area contributed by atoms with E-state index in [1.807, 2.05) is 60.7 Å². The molecule has 0 aliphatic rings. The molecule has 0 spiro atoms. The molecule has 142 valence electrons. The van der Waals surface area contributed by atoms with E-state index in [0.29, 0.717) is 38.8 Å². The summed E-state index contributed by atoms with van der Waals surface area (Å²) < 4.78 is 7.07. The van der Waals surface area contributed by atoms with E-state index in [9.17, 15) is 10.1 Å². The second-order valence-electron chi connectivity index (χ2n) is 6.28. The summed E-state index contributed by atoms with van der Waals surface area (Å²) in [5.74, 6) is 1.11. The summed E-state index contributed by atoms with van der Waals surface area (Å²) >= 11 is 1.42. The molecule has 0 aliphatic carbocycles. The number of aromatic nitrogens is 2. The highest BCUT2D eigenvalue weighted by Gasteiger charge is 2.16. The maximum absolute atomic E-state index is 13.4. The number of thioether (sulfide) groups is 1. The normalized spacial score (nSPS) is 10.6. The number of rotatable bonds is 5. The number of hydrogen-bond donors (Lipinski definition) is 0. The SMILES string of the molecule is COc1ccccc1-n1c(SCc2ccccc2C#N)nc2ccccc2c1=O. The zero-order valence-electron chi connectivity index (χ0n) is 15.7. The molecule has 6 heteroatoms. The van der Waals surface area contributed by atoms with Crippen molar-refractivity contribution in [2.24, 2.45) is 0 Å². The van der Waals surface area contributed by atoms with E-state index in [4.69, 9.17) is 9.72 Å². The zero-order chi connectivity index (χ0) is 20.2. The van der Waals surface area contributed by atoms with Crippen LogP contribution in [0.3, 0.4) is 0 Å². The third-order valence-corrected chi connectivity index (χ3v) is 5.55. The Morgan fingerprint density at radius 3 is 2.59 bits per heavy atom. The summed E-state index contributed by atoms with van der Waals surface area (Å²) in [6, 6.07) is 24.3. The van der Waals surface area contributed by atoms with Crippen LogP contribution in [0.1, 0.15) is 11.1 Å². The van der Waals surface area contributed by atoms with Crippen LogP contribution in [-0.2, 0) is 5.75 Å². The molecule has 0 atom stereocenters. The molecular weight excluding hydrogens is 382 g/mol. The molecular formula is C23H17N3O2S. The van der Waals surface area contributed by atoms with Crippen molar-refractivity contribution in [1.82, 2.24) is 9.55 Å². The first-order valence-electron chi connectivity index (χ1n) is 8.99. The van der Waals surface area contributed by atoms with Crippen LogP contribution < -0.4 is 10.3 Å². The van der Waals surface area contributed by atoms with Gasteiger partial charge in [0.1, 0.15) is 5.75 Å². The average molecular weight is 399 g/mol. The van der Waals surface area contributed by atoms with Crippen molar-refractivity contribution in [3.05, 3.63) is 94.3 Å². The quantitative estimate of drug-likeness (QED) is 0.364. The van der Waals surface area contributed by atoms with Crippen molar-refractivity contribution in [2.45, 2.75) is 10.9 Å². The first-order valence-corrected chi connectivity index (χ1v) is 9.97. The molecule has 0 N–H and O–H groups in total. The van der Waals surface area contributed by atoms with Crippen molar-refractivity contribution in [3.8, 4) is 17.5 Å². The Labute approximate surface area is 172 Å². The Morgan fingerprint density at radius 2 is 1.76 bits per heavy atom. The lowest BCUT2D eigenvalue weighted by molar-refractivity contribution is 0.411. The monoisotopic (exact) mass is 399 g/mol. The van der Waals surface area contributed by atoms with Gasteiger partial charge in [0.25, 0.3) is 5.56 Å². The van der Waals surface area contributed by atoms with Gasteiger partial charge in [-0.1, -0.05) is 54.2 Å². The molecule has 4 rings (SSSR count). The van der Waals surface area contributed by atoms with Crippen molar-refractivity contribution in [1.29, 1.82) is 5.26 Å². The fourth-order valence-electron chi connectivity index (χ4n) is 3.13. The van der Waals surface area contributed by atoms with E-state index in [1.165, 1.54) is 11.8 Å². The van der Waals surface area contributed by atoms with E-state index < -0.39 is 0 Å². The molecule has 0 unspecified atom stereocenters. The first-order chi connectivity index (χ1) is 14.2. The van der Waals surface area contributed by atoms with Gasteiger partial charge < -0.3 is 4.74 Å². The maximum atomic E-state index is 13.4. The topological polar surface area (TPSA) is 67.9 Å². The standard InChI is InChI=1S/C23H17N3O2S/c1-28-21-13-7-6-12-20(21)26-22(27)18-10-4-5-11-19(18)25-23(26)29-15-17-9-3-2-8-16(17)14-24/h2-13H,15H2,1H3. The van der Waals surface area contributed by atoms with E-state index >= 15 is 0 Å². The van der Waals surface area contributed by atoms with E-state index in [1.54, 1.807) is 23.8 Å². The summed E-state index contributed by atoms with van der Waals surface area (Å²) in [7, 11) is 1.58. The average Bonchev–Trinajstić information content (AvgIpc) is 2.78. The third-order valence-electron chi connectivity index (χ3n) is 4.57. The van der Waals surface area contributed by atoms with E-state index in [-0.39, 0.29) is 5.56 Å². The number of fused-ring (bicyclic) bond motifs is 1. The lowest BCUT2D eigenvalue weighted by Crippen LogP contribution is -2.22. The molecule has 0 amide bonds. The molecule has 0 radical (unpaired) electrons. The number of ether oxygens (including phenoxy) is 1. The number of para-hydroxylation sites is 3. The summed E-state index contributed by atoms with van der Waals surface area (Å²) in [4.78, 5) is 18.1. The van der Waals surface area contributed by atoms with Crippen LogP contribution in [0.15, 0.2) is 82.7 Å². The number of methoxy groups -OCH3 is 1. The van der Waals surface area contributed by atoms with Crippen molar-refractivity contribution < 1.29 is 4.74 Å². The lowest BCUT2D eigenvalue weighted by Gasteiger charge is -2.16. The van der Waals surface area contributed by atoms with Gasteiger partial charge in [-0.25, -0.2) is 4.98 Å². The van der Waals surface area contributed by atoms with Crippen LogP contribution in [0.4, 0.5) is 0 Å². The van der Waals surface area contributed by atoms with Crippen LogP contribution in [-0.4, -0.2) is 16.7 Å². The molecule has 1 heterocycles. The molecule has 0 aliphatic heterocycles. The Morgan fingerprint density at radius 1 is 1.03 bits per heavy atom. The second-order valence-corrected chi connectivity index (χ2v) is 7.22. The highest BCUT2D eigenvalue weighted by Crippen LogP contribution is 2.29. The van der Waals surface area contributed by atoms with Crippen molar-refractivity contribution in [2.75, 3.05) is 7.11 Å². The van der Waals surface area contributed by atoms with Crippen LogP contribution in [0, 0.1) is 11.3 Å². The highest BCUT2D eigenvalue weighted by atomic mass is 32.2. The molecule has 0 fully saturated rings. The predicted molar refractivity (Wildman–Crippen MR) is 115 cm³/mol. The molecule has 4 aromatic rings.